The second-order valence-corrected chi connectivity index (χ2v) is 7.60. The first-order valence-electron chi connectivity index (χ1n) is 10.2. The molecule has 0 saturated heterocycles. The molecule has 0 radical (unpaired) electrons. The number of hydrogen-bond acceptors (Lipinski definition) is 4. The highest BCUT2D eigenvalue weighted by Gasteiger charge is 2.19. The Morgan fingerprint density at radius 2 is 1.73 bits per heavy atom. The van der Waals surface area contributed by atoms with E-state index in [0.717, 1.165) is 17.5 Å². The van der Waals surface area contributed by atoms with Crippen LogP contribution < -0.4 is 10.6 Å². The first-order chi connectivity index (χ1) is 14.3. The maximum Gasteiger partial charge on any atom is 0.325 e. The molecule has 0 aliphatic carbocycles. The molecular weight excluding hydrogens is 380 g/mol. The molecule has 6 heteroatoms. The highest BCUT2D eigenvalue weighted by atomic mass is 16.5. The van der Waals surface area contributed by atoms with Gasteiger partial charge in [-0.3, -0.25) is 14.4 Å². The average Bonchev–Trinajstić information content (AvgIpc) is 2.74. The fraction of sp³-hybridized carbons (Fsp3) is 0.375. The molecular formula is C24H30N2O4. The molecule has 0 spiro atoms. The summed E-state index contributed by atoms with van der Waals surface area (Å²) >= 11 is 0. The van der Waals surface area contributed by atoms with Crippen molar-refractivity contribution in [2.24, 2.45) is 5.92 Å². The fourth-order valence-electron chi connectivity index (χ4n) is 3.05. The third-order valence-corrected chi connectivity index (χ3v) is 4.77. The minimum Gasteiger partial charge on any atom is -0.454 e. The van der Waals surface area contributed by atoms with Crippen LogP contribution in [-0.4, -0.2) is 30.9 Å². The molecule has 2 aromatic carbocycles. The molecule has 2 rings (SSSR count). The van der Waals surface area contributed by atoms with E-state index in [0.29, 0.717) is 5.56 Å². The van der Waals surface area contributed by atoms with Gasteiger partial charge in [-0.1, -0.05) is 62.7 Å². The van der Waals surface area contributed by atoms with Crippen molar-refractivity contribution in [1.82, 2.24) is 10.6 Å². The molecule has 0 aliphatic rings. The van der Waals surface area contributed by atoms with Crippen LogP contribution in [0.3, 0.4) is 0 Å². The summed E-state index contributed by atoms with van der Waals surface area (Å²) in [6.45, 7) is 7.32. The lowest BCUT2D eigenvalue weighted by molar-refractivity contribution is -0.147. The van der Waals surface area contributed by atoms with E-state index in [1.165, 1.54) is 5.56 Å². The SMILES string of the molecule is CCc1ccc([C@@H](NC(=O)COC(=O)CNC(=O)c2cccc(C)c2)C(C)C)cc1. The Bertz CT molecular complexity index is 875. The van der Waals surface area contributed by atoms with Gasteiger partial charge < -0.3 is 15.4 Å². The summed E-state index contributed by atoms with van der Waals surface area (Å²) in [4.78, 5) is 36.2. The zero-order valence-electron chi connectivity index (χ0n) is 18.0. The van der Waals surface area contributed by atoms with E-state index in [1.807, 2.05) is 51.1 Å². The Hall–Kier alpha value is -3.15. The highest BCUT2D eigenvalue weighted by Crippen LogP contribution is 2.22. The monoisotopic (exact) mass is 410 g/mol. The number of esters is 1. The van der Waals surface area contributed by atoms with Crippen LogP contribution in [0.15, 0.2) is 48.5 Å². The molecule has 0 fully saturated rings. The Kier molecular flexibility index (Phi) is 8.59. The van der Waals surface area contributed by atoms with E-state index in [9.17, 15) is 14.4 Å². The molecule has 0 aliphatic heterocycles. The molecule has 0 bridgehead atoms. The number of aryl methyl sites for hydroxylation is 2. The van der Waals surface area contributed by atoms with Gasteiger partial charge in [0.1, 0.15) is 6.54 Å². The maximum atomic E-state index is 12.3. The van der Waals surface area contributed by atoms with Gasteiger partial charge in [0, 0.05) is 5.56 Å². The zero-order chi connectivity index (χ0) is 22.1. The predicted octanol–water partition coefficient (Wildman–Crippen LogP) is 3.34. The number of nitrogens with one attached hydrogen (secondary N) is 2. The van der Waals surface area contributed by atoms with Crippen molar-refractivity contribution in [2.45, 2.75) is 40.2 Å². The van der Waals surface area contributed by atoms with Gasteiger partial charge >= 0.3 is 5.97 Å². The summed E-state index contributed by atoms with van der Waals surface area (Å²) in [6, 6.07) is 15.0. The minimum absolute atomic E-state index is 0.172. The van der Waals surface area contributed by atoms with Gasteiger partial charge in [-0.05, 0) is 42.5 Å². The van der Waals surface area contributed by atoms with Crippen LogP contribution in [-0.2, 0) is 20.7 Å². The van der Waals surface area contributed by atoms with E-state index >= 15 is 0 Å². The molecule has 0 aromatic heterocycles. The van der Waals surface area contributed by atoms with Gasteiger partial charge in [0.15, 0.2) is 6.61 Å². The van der Waals surface area contributed by atoms with E-state index < -0.39 is 12.6 Å². The van der Waals surface area contributed by atoms with Gasteiger partial charge in [-0.25, -0.2) is 0 Å². The van der Waals surface area contributed by atoms with Crippen LogP contribution in [0.25, 0.3) is 0 Å². The Morgan fingerprint density at radius 3 is 2.33 bits per heavy atom. The molecule has 0 heterocycles. The highest BCUT2D eigenvalue weighted by molar-refractivity contribution is 5.96. The Morgan fingerprint density at radius 1 is 1.03 bits per heavy atom. The van der Waals surface area contributed by atoms with Crippen LogP contribution in [0.1, 0.15) is 53.9 Å². The van der Waals surface area contributed by atoms with E-state index in [4.69, 9.17) is 4.74 Å². The maximum absolute atomic E-state index is 12.3. The number of carbonyl (C=O) groups is 3. The summed E-state index contributed by atoms with van der Waals surface area (Å²) in [6.07, 6.45) is 0.954. The first-order valence-corrected chi connectivity index (χ1v) is 10.2. The first kappa shape index (κ1) is 23.1. The normalized spacial score (nSPS) is 11.6. The smallest absolute Gasteiger partial charge is 0.325 e. The molecule has 160 valence electrons. The van der Waals surface area contributed by atoms with Crippen LogP contribution in [0, 0.1) is 12.8 Å². The van der Waals surface area contributed by atoms with Crippen molar-refractivity contribution in [3.63, 3.8) is 0 Å². The van der Waals surface area contributed by atoms with Gasteiger partial charge in [0.2, 0.25) is 0 Å². The van der Waals surface area contributed by atoms with E-state index in [-0.39, 0.29) is 30.3 Å². The summed E-state index contributed by atoms with van der Waals surface area (Å²) in [5, 5.41) is 5.42. The number of benzene rings is 2. The number of carbonyl (C=O) groups excluding carboxylic acids is 3. The lowest BCUT2D eigenvalue weighted by atomic mass is 9.95. The average molecular weight is 411 g/mol. The largest absolute Gasteiger partial charge is 0.454 e. The van der Waals surface area contributed by atoms with Gasteiger partial charge in [0.05, 0.1) is 6.04 Å². The van der Waals surface area contributed by atoms with Crippen molar-refractivity contribution in [3.8, 4) is 0 Å². The Labute approximate surface area is 178 Å². The lowest BCUT2D eigenvalue weighted by Crippen LogP contribution is -2.36. The van der Waals surface area contributed by atoms with E-state index in [2.05, 4.69) is 17.6 Å². The van der Waals surface area contributed by atoms with Crippen molar-refractivity contribution < 1.29 is 19.1 Å². The molecule has 6 nitrogen and oxygen atoms in total. The number of hydrogen-bond donors (Lipinski definition) is 2. The summed E-state index contributed by atoms with van der Waals surface area (Å²) < 4.78 is 5.00. The van der Waals surface area contributed by atoms with Crippen LogP contribution in [0.2, 0.25) is 0 Å². The quantitative estimate of drug-likeness (QED) is 0.621. The lowest BCUT2D eigenvalue weighted by Gasteiger charge is -2.23. The second-order valence-electron chi connectivity index (χ2n) is 7.60. The molecule has 0 saturated carbocycles. The molecule has 30 heavy (non-hydrogen) atoms. The summed E-state index contributed by atoms with van der Waals surface area (Å²) in [5.74, 6) is -1.24. The van der Waals surface area contributed by atoms with Gasteiger partial charge in [-0.2, -0.15) is 0 Å². The number of amides is 2. The third-order valence-electron chi connectivity index (χ3n) is 4.77. The van der Waals surface area contributed by atoms with Crippen molar-refractivity contribution in [2.75, 3.05) is 13.2 Å². The van der Waals surface area contributed by atoms with Gasteiger partial charge in [-0.15, -0.1) is 0 Å². The fourth-order valence-corrected chi connectivity index (χ4v) is 3.05. The summed E-state index contributed by atoms with van der Waals surface area (Å²) in [7, 11) is 0. The van der Waals surface area contributed by atoms with Crippen molar-refractivity contribution >= 4 is 17.8 Å². The standard InChI is InChI=1S/C24H30N2O4/c1-5-18-9-11-19(12-10-18)23(16(2)3)26-21(27)15-30-22(28)14-25-24(29)20-8-6-7-17(4)13-20/h6-13,16,23H,5,14-15H2,1-4H3,(H,25,29)(H,26,27)/t23-/m0/s1. The number of ether oxygens (including phenoxy) is 1. The van der Waals surface area contributed by atoms with Gasteiger partial charge in [0.25, 0.3) is 11.8 Å². The van der Waals surface area contributed by atoms with Crippen molar-refractivity contribution in [1.29, 1.82) is 0 Å². The molecule has 2 aromatic rings. The van der Waals surface area contributed by atoms with Crippen LogP contribution in [0.5, 0.6) is 0 Å². The third kappa shape index (κ3) is 7.03. The molecule has 2 amide bonds. The van der Waals surface area contributed by atoms with Crippen molar-refractivity contribution in [3.05, 3.63) is 70.8 Å². The Balaban J connectivity index is 1.81. The van der Waals surface area contributed by atoms with Crippen LogP contribution in [0.4, 0.5) is 0 Å². The second kappa shape index (κ2) is 11.1. The number of rotatable bonds is 9. The van der Waals surface area contributed by atoms with Crippen LogP contribution >= 0.6 is 0 Å². The molecule has 0 unspecified atom stereocenters. The minimum atomic E-state index is -0.667. The molecule has 1 atom stereocenters. The molecule has 2 N–H and O–H groups in total. The van der Waals surface area contributed by atoms with E-state index in [1.54, 1.807) is 18.2 Å². The predicted molar refractivity (Wildman–Crippen MR) is 116 cm³/mol. The topological polar surface area (TPSA) is 84.5 Å². The summed E-state index contributed by atoms with van der Waals surface area (Å²) in [5.41, 5.74) is 3.65. The zero-order valence-corrected chi connectivity index (χ0v) is 18.0.